The van der Waals surface area contributed by atoms with Crippen molar-refractivity contribution in [1.82, 2.24) is 9.47 Å². The van der Waals surface area contributed by atoms with E-state index in [9.17, 15) is 14.4 Å². The molecule has 2 rings (SSSR count). The average molecular weight is 347 g/mol. The van der Waals surface area contributed by atoms with E-state index in [2.05, 4.69) is 26.1 Å². The Kier molecular flexibility index (Phi) is 5.70. The van der Waals surface area contributed by atoms with Gasteiger partial charge in [-0.25, -0.2) is 0 Å². The Bertz CT molecular complexity index is 706. The molecular formula is C19H29N3O3. The number of anilines is 1. The second-order valence-corrected chi connectivity index (χ2v) is 8.24. The van der Waals surface area contributed by atoms with Crippen molar-refractivity contribution in [2.75, 3.05) is 19.4 Å². The van der Waals surface area contributed by atoms with Gasteiger partial charge in [0.2, 0.25) is 11.8 Å². The van der Waals surface area contributed by atoms with E-state index in [0.717, 1.165) is 19.3 Å². The van der Waals surface area contributed by atoms with Crippen LogP contribution in [-0.4, -0.2) is 35.4 Å². The SMILES string of the molecule is CC1CC(C(=O)Nc2cccn(CC(=O)N(C)C)c2=O)CC(C)(C)C1. The van der Waals surface area contributed by atoms with Crippen molar-refractivity contribution < 1.29 is 9.59 Å². The molecule has 1 heterocycles. The fourth-order valence-electron chi connectivity index (χ4n) is 3.82. The Balaban J connectivity index is 2.13. The summed E-state index contributed by atoms with van der Waals surface area (Å²) in [5.41, 5.74) is 0.0126. The maximum absolute atomic E-state index is 12.7. The number of hydrogen-bond acceptors (Lipinski definition) is 3. The van der Waals surface area contributed by atoms with Gasteiger partial charge in [-0.3, -0.25) is 14.4 Å². The maximum atomic E-state index is 12.7. The third-order valence-electron chi connectivity index (χ3n) is 4.84. The van der Waals surface area contributed by atoms with Crippen LogP contribution in [0.3, 0.4) is 0 Å². The summed E-state index contributed by atoms with van der Waals surface area (Å²) in [5, 5.41) is 2.78. The first-order valence-corrected chi connectivity index (χ1v) is 8.79. The van der Waals surface area contributed by atoms with Crippen molar-refractivity contribution in [3.05, 3.63) is 28.7 Å². The molecule has 1 fully saturated rings. The van der Waals surface area contributed by atoms with E-state index in [-0.39, 0.29) is 40.9 Å². The van der Waals surface area contributed by atoms with Gasteiger partial charge in [0.1, 0.15) is 12.2 Å². The first-order valence-electron chi connectivity index (χ1n) is 8.79. The Labute approximate surface area is 149 Å². The number of carbonyl (C=O) groups excluding carboxylic acids is 2. The summed E-state index contributed by atoms with van der Waals surface area (Å²) in [6.45, 7) is 6.50. The Morgan fingerprint density at radius 3 is 2.60 bits per heavy atom. The van der Waals surface area contributed by atoms with Crippen LogP contribution in [-0.2, 0) is 16.1 Å². The molecule has 138 valence electrons. The van der Waals surface area contributed by atoms with Gasteiger partial charge in [0, 0.05) is 26.2 Å². The summed E-state index contributed by atoms with van der Waals surface area (Å²) < 4.78 is 1.32. The number of carbonyl (C=O) groups is 2. The number of aromatic nitrogens is 1. The number of nitrogens with one attached hydrogen (secondary N) is 1. The van der Waals surface area contributed by atoms with E-state index >= 15 is 0 Å². The van der Waals surface area contributed by atoms with Gasteiger partial charge in [-0.1, -0.05) is 20.8 Å². The third-order valence-corrected chi connectivity index (χ3v) is 4.84. The second-order valence-electron chi connectivity index (χ2n) is 8.24. The standard InChI is InChI=1S/C19H29N3O3/c1-13-9-14(11-19(2,3)10-13)17(24)20-15-7-6-8-22(18(15)25)12-16(23)21(4)5/h6-8,13-14H,9-12H2,1-5H3,(H,20,24). The molecule has 0 bridgehead atoms. The van der Waals surface area contributed by atoms with Crippen LogP contribution in [0.5, 0.6) is 0 Å². The molecule has 1 aliphatic carbocycles. The largest absolute Gasteiger partial charge is 0.347 e. The van der Waals surface area contributed by atoms with Crippen molar-refractivity contribution in [3.63, 3.8) is 0 Å². The zero-order valence-electron chi connectivity index (χ0n) is 15.8. The average Bonchev–Trinajstić information content (AvgIpc) is 2.48. The molecule has 0 aliphatic heterocycles. The number of pyridine rings is 1. The Hall–Kier alpha value is -2.11. The summed E-state index contributed by atoms with van der Waals surface area (Å²) in [4.78, 5) is 38.4. The fourth-order valence-corrected chi connectivity index (χ4v) is 3.82. The fraction of sp³-hybridized carbons (Fsp3) is 0.632. The van der Waals surface area contributed by atoms with E-state index in [0.29, 0.717) is 5.92 Å². The van der Waals surface area contributed by atoms with Gasteiger partial charge in [0.25, 0.3) is 5.56 Å². The molecule has 0 spiro atoms. The second kappa shape index (κ2) is 7.42. The highest BCUT2D eigenvalue weighted by atomic mass is 16.2. The first-order chi connectivity index (χ1) is 11.6. The predicted octanol–water partition coefficient (Wildman–Crippen LogP) is 2.34. The highest BCUT2D eigenvalue weighted by Crippen LogP contribution is 2.41. The van der Waals surface area contributed by atoms with Gasteiger partial charge in [0.05, 0.1) is 0 Å². The molecule has 25 heavy (non-hydrogen) atoms. The molecular weight excluding hydrogens is 318 g/mol. The van der Waals surface area contributed by atoms with E-state index in [1.165, 1.54) is 9.47 Å². The van der Waals surface area contributed by atoms with Crippen LogP contribution in [0.15, 0.2) is 23.1 Å². The van der Waals surface area contributed by atoms with Crippen molar-refractivity contribution in [3.8, 4) is 0 Å². The van der Waals surface area contributed by atoms with Gasteiger partial charge >= 0.3 is 0 Å². The normalized spacial score (nSPS) is 22.3. The van der Waals surface area contributed by atoms with Crippen LogP contribution in [0.1, 0.15) is 40.0 Å². The molecule has 0 saturated heterocycles. The zero-order valence-corrected chi connectivity index (χ0v) is 15.8. The first kappa shape index (κ1) is 19.2. The maximum Gasteiger partial charge on any atom is 0.274 e. The minimum atomic E-state index is -0.353. The molecule has 1 N–H and O–H groups in total. The molecule has 6 heteroatoms. The molecule has 1 aromatic heterocycles. The topological polar surface area (TPSA) is 71.4 Å². The van der Waals surface area contributed by atoms with Crippen molar-refractivity contribution >= 4 is 17.5 Å². The van der Waals surface area contributed by atoms with E-state index < -0.39 is 0 Å². The van der Waals surface area contributed by atoms with Gasteiger partial charge in [-0.15, -0.1) is 0 Å². The summed E-state index contributed by atoms with van der Waals surface area (Å²) >= 11 is 0. The molecule has 1 aliphatic rings. The molecule has 1 aromatic rings. The molecule has 1 saturated carbocycles. The zero-order chi connectivity index (χ0) is 18.8. The lowest BCUT2D eigenvalue weighted by molar-refractivity contribution is -0.129. The summed E-state index contributed by atoms with van der Waals surface area (Å²) in [5.74, 6) is 0.127. The van der Waals surface area contributed by atoms with E-state index in [4.69, 9.17) is 0 Å². The number of rotatable bonds is 4. The van der Waals surface area contributed by atoms with Crippen molar-refractivity contribution in [2.45, 2.75) is 46.6 Å². The van der Waals surface area contributed by atoms with Crippen LogP contribution < -0.4 is 10.9 Å². The van der Waals surface area contributed by atoms with E-state index in [1.807, 2.05) is 0 Å². The van der Waals surface area contributed by atoms with Crippen LogP contribution in [0.25, 0.3) is 0 Å². The Morgan fingerprint density at radius 2 is 2.00 bits per heavy atom. The quantitative estimate of drug-likeness (QED) is 0.909. The number of amides is 2. The minimum absolute atomic E-state index is 0.0387. The van der Waals surface area contributed by atoms with Gasteiger partial charge in [-0.05, 0) is 42.7 Å². The van der Waals surface area contributed by atoms with Crippen molar-refractivity contribution in [2.24, 2.45) is 17.3 Å². The van der Waals surface area contributed by atoms with Gasteiger partial charge in [-0.2, -0.15) is 0 Å². The lowest BCUT2D eigenvalue weighted by atomic mass is 9.68. The molecule has 0 aromatic carbocycles. The van der Waals surface area contributed by atoms with Gasteiger partial charge < -0.3 is 14.8 Å². The Morgan fingerprint density at radius 1 is 1.32 bits per heavy atom. The lowest BCUT2D eigenvalue weighted by Gasteiger charge is -2.38. The summed E-state index contributed by atoms with van der Waals surface area (Å²) in [6.07, 6.45) is 4.34. The van der Waals surface area contributed by atoms with Crippen molar-refractivity contribution in [1.29, 1.82) is 0 Å². The molecule has 2 unspecified atom stereocenters. The number of likely N-dealkylation sites (N-methyl/N-ethyl adjacent to an activating group) is 1. The third kappa shape index (κ3) is 4.94. The number of nitrogens with zero attached hydrogens (tertiary/aromatic N) is 2. The van der Waals surface area contributed by atoms with Gasteiger partial charge in [0.15, 0.2) is 0 Å². The highest BCUT2D eigenvalue weighted by Gasteiger charge is 2.35. The number of hydrogen-bond donors (Lipinski definition) is 1. The van der Waals surface area contributed by atoms with Crippen LogP contribution in [0, 0.1) is 17.3 Å². The smallest absolute Gasteiger partial charge is 0.274 e. The summed E-state index contributed by atoms with van der Waals surface area (Å²) in [7, 11) is 3.29. The monoisotopic (exact) mass is 347 g/mol. The highest BCUT2D eigenvalue weighted by molar-refractivity contribution is 5.92. The van der Waals surface area contributed by atoms with E-state index in [1.54, 1.807) is 32.4 Å². The molecule has 6 nitrogen and oxygen atoms in total. The minimum Gasteiger partial charge on any atom is -0.347 e. The molecule has 0 radical (unpaired) electrons. The molecule has 2 amide bonds. The van der Waals surface area contributed by atoms with Crippen LogP contribution in [0.2, 0.25) is 0 Å². The van der Waals surface area contributed by atoms with Crippen LogP contribution >= 0.6 is 0 Å². The molecule has 2 atom stereocenters. The predicted molar refractivity (Wildman–Crippen MR) is 98.3 cm³/mol. The van der Waals surface area contributed by atoms with Crippen LogP contribution in [0.4, 0.5) is 5.69 Å². The lowest BCUT2D eigenvalue weighted by Crippen LogP contribution is -2.37. The summed E-state index contributed by atoms with van der Waals surface area (Å²) in [6, 6.07) is 3.27.